The number of amides is 1. The number of nitrogens with one attached hydrogen (secondary N) is 1. The van der Waals surface area contributed by atoms with E-state index in [9.17, 15) is 9.36 Å². The molecule has 1 amide bonds. The third kappa shape index (κ3) is 3.89. The first kappa shape index (κ1) is 18.7. The Hall–Kier alpha value is -1.62. The summed E-state index contributed by atoms with van der Waals surface area (Å²) in [6.07, 6.45) is 1.46. The highest BCUT2D eigenvalue weighted by molar-refractivity contribution is 7.56. The monoisotopic (exact) mass is 353 g/mol. The van der Waals surface area contributed by atoms with Gasteiger partial charge in [0.2, 0.25) is 0 Å². The molecule has 1 N–H and O–H groups in total. The van der Waals surface area contributed by atoms with Crippen LogP contribution in [0.15, 0.2) is 43.0 Å². The van der Waals surface area contributed by atoms with E-state index in [-0.39, 0.29) is 25.7 Å². The topological polar surface area (TPSA) is 73.9 Å². The van der Waals surface area contributed by atoms with Gasteiger partial charge < -0.3 is 19.1 Å². The minimum Gasteiger partial charge on any atom is -0.445 e. The van der Waals surface area contributed by atoms with Crippen molar-refractivity contribution in [1.82, 2.24) is 5.32 Å². The summed E-state index contributed by atoms with van der Waals surface area (Å²) in [6.45, 7) is 7.78. The average molecular weight is 353 g/mol. The second kappa shape index (κ2) is 7.97. The van der Waals surface area contributed by atoms with Crippen molar-refractivity contribution < 1.29 is 23.1 Å². The van der Waals surface area contributed by atoms with Crippen LogP contribution >= 0.6 is 7.60 Å². The predicted molar refractivity (Wildman–Crippen MR) is 91.7 cm³/mol. The quantitative estimate of drug-likeness (QED) is 0.535. The van der Waals surface area contributed by atoms with Crippen LogP contribution in [0, 0.1) is 5.92 Å². The van der Waals surface area contributed by atoms with Crippen LogP contribution in [0.4, 0.5) is 4.79 Å². The molecule has 0 bridgehead atoms. The van der Waals surface area contributed by atoms with Gasteiger partial charge in [-0.25, -0.2) is 4.79 Å². The maximum absolute atomic E-state index is 13.1. The minimum atomic E-state index is -3.52. The normalized spacial score (nSPS) is 22.7. The summed E-state index contributed by atoms with van der Waals surface area (Å²) in [5.74, 6) is -0.175. The zero-order chi connectivity index (χ0) is 17.6. The van der Waals surface area contributed by atoms with Gasteiger partial charge in [-0.3, -0.25) is 4.57 Å². The highest BCUT2D eigenvalue weighted by atomic mass is 31.2. The molecular weight excluding hydrogens is 329 g/mol. The maximum Gasteiger partial charge on any atom is 0.408 e. The lowest BCUT2D eigenvalue weighted by molar-refractivity contribution is 0.132. The van der Waals surface area contributed by atoms with E-state index in [1.807, 2.05) is 30.3 Å². The number of hydrogen-bond acceptors (Lipinski definition) is 5. The smallest absolute Gasteiger partial charge is 0.408 e. The van der Waals surface area contributed by atoms with Crippen molar-refractivity contribution in [2.45, 2.75) is 32.2 Å². The lowest BCUT2D eigenvalue weighted by Crippen LogP contribution is -2.39. The molecule has 2 rings (SSSR count). The predicted octanol–water partition coefficient (Wildman–Crippen LogP) is 4.08. The van der Waals surface area contributed by atoms with E-state index in [4.69, 9.17) is 13.8 Å². The van der Waals surface area contributed by atoms with Crippen molar-refractivity contribution >= 4 is 13.7 Å². The van der Waals surface area contributed by atoms with Gasteiger partial charge in [0.25, 0.3) is 0 Å². The highest BCUT2D eigenvalue weighted by Gasteiger charge is 2.68. The van der Waals surface area contributed by atoms with Crippen LogP contribution in [0.25, 0.3) is 0 Å². The van der Waals surface area contributed by atoms with Crippen LogP contribution in [-0.4, -0.2) is 24.6 Å². The molecule has 24 heavy (non-hydrogen) atoms. The van der Waals surface area contributed by atoms with Crippen molar-refractivity contribution in [3.63, 3.8) is 0 Å². The molecule has 0 aromatic heterocycles. The van der Waals surface area contributed by atoms with Crippen molar-refractivity contribution in [2.24, 2.45) is 5.92 Å². The van der Waals surface area contributed by atoms with Crippen LogP contribution in [0.5, 0.6) is 0 Å². The fourth-order valence-corrected chi connectivity index (χ4v) is 5.00. The number of carbonyl (C=O) groups is 1. The molecule has 1 aliphatic rings. The van der Waals surface area contributed by atoms with Gasteiger partial charge in [-0.1, -0.05) is 36.4 Å². The first-order chi connectivity index (χ1) is 11.5. The summed E-state index contributed by atoms with van der Waals surface area (Å²) in [4.78, 5) is 12.2. The molecule has 2 unspecified atom stereocenters. The van der Waals surface area contributed by atoms with Crippen molar-refractivity contribution in [2.75, 3.05) is 13.2 Å². The largest absolute Gasteiger partial charge is 0.445 e. The second-order valence-corrected chi connectivity index (χ2v) is 7.80. The molecule has 1 saturated carbocycles. The van der Waals surface area contributed by atoms with Gasteiger partial charge >= 0.3 is 13.7 Å². The van der Waals surface area contributed by atoms with E-state index >= 15 is 0 Å². The molecule has 1 aromatic carbocycles. The Bertz CT molecular complexity index is 611. The SMILES string of the molecule is C=CC1CC1(NC(=O)OCc1ccccc1)P(=O)(OCC)OCC. The fraction of sp³-hybridized carbons (Fsp3) is 0.471. The Morgan fingerprint density at radius 1 is 1.33 bits per heavy atom. The van der Waals surface area contributed by atoms with Gasteiger partial charge in [0.1, 0.15) is 6.61 Å². The van der Waals surface area contributed by atoms with Crippen LogP contribution in [0.2, 0.25) is 0 Å². The molecule has 0 spiro atoms. The van der Waals surface area contributed by atoms with E-state index in [1.54, 1.807) is 19.9 Å². The number of benzene rings is 1. The Labute approximate surface area is 142 Å². The standard InChI is InChI=1S/C17H24NO5P/c1-4-15-12-17(15,24(20,22-5-2)23-6-3)18-16(19)21-13-14-10-8-7-9-11-14/h4,7-11,15H,1,5-6,12-13H2,2-3H3,(H,18,19). The summed E-state index contributed by atoms with van der Waals surface area (Å²) in [5, 5.41) is 1.61. The Morgan fingerprint density at radius 2 is 1.96 bits per heavy atom. The summed E-state index contributed by atoms with van der Waals surface area (Å²) >= 11 is 0. The van der Waals surface area contributed by atoms with E-state index in [2.05, 4.69) is 11.9 Å². The van der Waals surface area contributed by atoms with Gasteiger partial charge in [-0.15, -0.1) is 6.58 Å². The van der Waals surface area contributed by atoms with Crippen LogP contribution < -0.4 is 5.32 Å². The first-order valence-electron chi connectivity index (χ1n) is 8.02. The van der Waals surface area contributed by atoms with E-state index in [0.29, 0.717) is 6.42 Å². The summed E-state index contributed by atoms with van der Waals surface area (Å²) in [7, 11) is -3.52. The third-order valence-electron chi connectivity index (χ3n) is 3.89. The second-order valence-electron chi connectivity index (χ2n) is 5.49. The first-order valence-corrected chi connectivity index (χ1v) is 9.56. The molecule has 6 nitrogen and oxygen atoms in total. The van der Waals surface area contributed by atoms with Crippen LogP contribution in [0.3, 0.4) is 0 Å². The molecular formula is C17H24NO5P. The van der Waals surface area contributed by atoms with Gasteiger partial charge in [0.15, 0.2) is 5.28 Å². The summed E-state index contributed by atoms with van der Waals surface area (Å²) in [5.41, 5.74) is 0.871. The molecule has 1 aromatic rings. The van der Waals surface area contributed by atoms with Gasteiger partial charge in [-0.2, -0.15) is 0 Å². The summed E-state index contributed by atoms with van der Waals surface area (Å²) in [6, 6.07) is 9.34. The van der Waals surface area contributed by atoms with E-state index in [0.717, 1.165) is 5.56 Å². The van der Waals surface area contributed by atoms with Gasteiger partial charge in [0.05, 0.1) is 13.2 Å². The number of rotatable bonds is 9. The number of carbonyl (C=O) groups excluding carboxylic acids is 1. The lowest BCUT2D eigenvalue weighted by Gasteiger charge is -2.27. The number of ether oxygens (including phenoxy) is 1. The molecule has 7 heteroatoms. The van der Waals surface area contributed by atoms with E-state index < -0.39 is 19.0 Å². The Morgan fingerprint density at radius 3 is 2.46 bits per heavy atom. The molecule has 2 atom stereocenters. The molecule has 0 aliphatic heterocycles. The van der Waals surface area contributed by atoms with Gasteiger partial charge in [-0.05, 0) is 25.8 Å². The number of hydrogen-bond donors (Lipinski definition) is 1. The molecule has 1 fully saturated rings. The molecule has 132 valence electrons. The summed E-state index contributed by atoms with van der Waals surface area (Å²) < 4.78 is 29.2. The fourth-order valence-electron chi connectivity index (χ4n) is 2.63. The molecule has 0 saturated heterocycles. The van der Waals surface area contributed by atoms with Crippen molar-refractivity contribution in [3.05, 3.63) is 48.6 Å². The maximum atomic E-state index is 13.1. The zero-order valence-electron chi connectivity index (χ0n) is 14.1. The van der Waals surface area contributed by atoms with Crippen molar-refractivity contribution in [1.29, 1.82) is 0 Å². The highest BCUT2D eigenvalue weighted by Crippen LogP contribution is 2.72. The zero-order valence-corrected chi connectivity index (χ0v) is 15.0. The van der Waals surface area contributed by atoms with Crippen LogP contribution in [0.1, 0.15) is 25.8 Å². The van der Waals surface area contributed by atoms with E-state index in [1.165, 1.54) is 0 Å². The Balaban J connectivity index is 2.06. The van der Waals surface area contributed by atoms with Crippen LogP contribution in [-0.2, 0) is 25.0 Å². The molecule has 1 aliphatic carbocycles. The lowest BCUT2D eigenvalue weighted by atomic mass is 10.2. The number of alkyl carbamates (subject to hydrolysis) is 1. The molecule has 0 radical (unpaired) electrons. The minimum absolute atomic E-state index is 0.134. The third-order valence-corrected chi connectivity index (χ3v) is 6.69. The van der Waals surface area contributed by atoms with Crippen molar-refractivity contribution in [3.8, 4) is 0 Å². The Kier molecular flexibility index (Phi) is 6.21. The molecule has 0 heterocycles. The van der Waals surface area contributed by atoms with Gasteiger partial charge in [0, 0.05) is 5.92 Å². The average Bonchev–Trinajstić information content (AvgIpc) is 3.29.